The second-order valence-electron chi connectivity index (χ2n) is 5.31. The zero-order valence-corrected chi connectivity index (χ0v) is 11.2. The third-order valence-electron chi connectivity index (χ3n) is 3.59. The molecule has 0 radical (unpaired) electrons. The van der Waals surface area contributed by atoms with Gasteiger partial charge in [-0.1, -0.05) is 13.8 Å². The number of amides is 1. The molecule has 18 heavy (non-hydrogen) atoms. The van der Waals surface area contributed by atoms with E-state index < -0.39 is 0 Å². The summed E-state index contributed by atoms with van der Waals surface area (Å²) >= 11 is 0. The lowest BCUT2D eigenvalue weighted by Gasteiger charge is -2.38. The van der Waals surface area contributed by atoms with Gasteiger partial charge in [-0.25, -0.2) is 0 Å². The molecule has 0 aromatic carbocycles. The summed E-state index contributed by atoms with van der Waals surface area (Å²) in [6.07, 6.45) is 0.338. The Morgan fingerprint density at radius 2 is 2.22 bits per heavy atom. The first-order valence-corrected chi connectivity index (χ1v) is 6.24. The van der Waals surface area contributed by atoms with Crippen LogP contribution in [0.25, 0.3) is 0 Å². The number of aromatic nitrogens is 2. The fourth-order valence-corrected chi connectivity index (χ4v) is 2.40. The van der Waals surface area contributed by atoms with Crippen molar-refractivity contribution in [1.82, 2.24) is 15.1 Å². The normalized spacial score (nSPS) is 22.8. The van der Waals surface area contributed by atoms with E-state index in [4.69, 9.17) is 0 Å². The Labute approximate surface area is 107 Å². The second-order valence-corrected chi connectivity index (χ2v) is 5.31. The first kappa shape index (κ1) is 12.8. The highest BCUT2D eigenvalue weighted by Crippen LogP contribution is 2.26. The predicted molar refractivity (Wildman–Crippen MR) is 67.2 cm³/mol. The monoisotopic (exact) mass is 249 g/mol. The lowest BCUT2D eigenvalue weighted by atomic mass is 9.79. The van der Waals surface area contributed by atoms with E-state index in [1.807, 2.05) is 27.8 Å². The molecule has 1 fully saturated rings. The van der Waals surface area contributed by atoms with Gasteiger partial charge in [-0.05, 0) is 18.9 Å². The zero-order valence-electron chi connectivity index (χ0n) is 11.2. The second kappa shape index (κ2) is 4.55. The summed E-state index contributed by atoms with van der Waals surface area (Å²) in [7, 11) is 1.81. The number of rotatable bonds is 4. The number of nitrogens with one attached hydrogen (secondary N) is 1. The number of ketones is 1. The molecule has 0 bridgehead atoms. The van der Waals surface area contributed by atoms with E-state index in [2.05, 4.69) is 10.4 Å². The average Bonchev–Trinajstić information content (AvgIpc) is 2.57. The number of hydrogen-bond donors (Lipinski definition) is 1. The highest BCUT2D eigenvalue weighted by molar-refractivity contribution is 5.97. The van der Waals surface area contributed by atoms with E-state index in [1.54, 1.807) is 10.7 Å². The summed E-state index contributed by atoms with van der Waals surface area (Å²) in [6, 6.07) is 1.75. The topological polar surface area (TPSA) is 64.0 Å². The molecule has 0 aliphatic carbocycles. The quantitative estimate of drug-likeness (QED) is 0.641. The molecule has 1 aliphatic rings. The Balaban J connectivity index is 2.02. The molecule has 1 amide bonds. The van der Waals surface area contributed by atoms with Crippen LogP contribution in [-0.2, 0) is 11.8 Å². The first-order valence-electron chi connectivity index (χ1n) is 6.24. The molecule has 98 valence electrons. The van der Waals surface area contributed by atoms with Crippen LogP contribution in [0.4, 0.5) is 0 Å². The minimum absolute atomic E-state index is 0.00523. The van der Waals surface area contributed by atoms with Crippen molar-refractivity contribution < 1.29 is 9.59 Å². The molecule has 5 nitrogen and oxygen atoms in total. The van der Waals surface area contributed by atoms with Crippen molar-refractivity contribution in [2.75, 3.05) is 0 Å². The standard InChI is InChI=1S/C13H19N3O2/c1-7(2)12-10(14-13(12)18)6-11(17)9-5-8(3)16(4)15-9/h5,7,10,12H,6H2,1-4H3,(H,14,18). The van der Waals surface area contributed by atoms with Crippen molar-refractivity contribution in [1.29, 1.82) is 0 Å². The molecule has 0 spiro atoms. The highest BCUT2D eigenvalue weighted by Gasteiger charge is 2.42. The van der Waals surface area contributed by atoms with Crippen LogP contribution >= 0.6 is 0 Å². The van der Waals surface area contributed by atoms with Crippen LogP contribution in [-0.4, -0.2) is 27.5 Å². The number of carbonyl (C=O) groups is 2. The molecule has 1 saturated heterocycles. The summed E-state index contributed by atoms with van der Waals surface area (Å²) in [4.78, 5) is 23.5. The summed E-state index contributed by atoms with van der Waals surface area (Å²) < 4.78 is 1.69. The number of β-lactam (4-membered cyclic amide) rings is 1. The van der Waals surface area contributed by atoms with Gasteiger partial charge in [-0.15, -0.1) is 0 Å². The van der Waals surface area contributed by atoms with Crippen LogP contribution in [0.15, 0.2) is 6.07 Å². The van der Waals surface area contributed by atoms with E-state index in [0.29, 0.717) is 12.1 Å². The maximum atomic E-state index is 12.1. The van der Waals surface area contributed by atoms with E-state index >= 15 is 0 Å². The van der Waals surface area contributed by atoms with Gasteiger partial charge in [0.15, 0.2) is 5.78 Å². The minimum Gasteiger partial charge on any atom is -0.352 e. The number of nitrogens with zero attached hydrogens (tertiary/aromatic N) is 2. The van der Waals surface area contributed by atoms with Gasteiger partial charge < -0.3 is 5.32 Å². The molecule has 2 rings (SSSR count). The molecular weight excluding hydrogens is 230 g/mol. The van der Waals surface area contributed by atoms with Crippen molar-refractivity contribution in [3.8, 4) is 0 Å². The molecular formula is C13H19N3O2. The Hall–Kier alpha value is -1.65. The van der Waals surface area contributed by atoms with E-state index in [-0.39, 0.29) is 29.6 Å². The van der Waals surface area contributed by atoms with Crippen molar-refractivity contribution in [2.45, 2.75) is 33.2 Å². The fraction of sp³-hybridized carbons (Fsp3) is 0.615. The SMILES string of the molecule is Cc1cc(C(=O)CC2NC(=O)C2C(C)C)nn1C. The molecule has 2 atom stereocenters. The molecule has 5 heteroatoms. The Bertz CT molecular complexity index is 471. The fourth-order valence-electron chi connectivity index (χ4n) is 2.40. The smallest absolute Gasteiger partial charge is 0.225 e. The molecule has 1 N–H and O–H groups in total. The molecule has 1 aliphatic heterocycles. The Morgan fingerprint density at radius 1 is 1.56 bits per heavy atom. The van der Waals surface area contributed by atoms with Gasteiger partial charge in [-0.3, -0.25) is 14.3 Å². The van der Waals surface area contributed by atoms with Gasteiger partial charge in [0.25, 0.3) is 0 Å². The average molecular weight is 249 g/mol. The van der Waals surface area contributed by atoms with Gasteiger partial charge in [0.05, 0.1) is 5.92 Å². The van der Waals surface area contributed by atoms with Gasteiger partial charge in [0.2, 0.25) is 5.91 Å². The summed E-state index contributed by atoms with van der Waals surface area (Å²) in [5.74, 6) is 0.273. The Morgan fingerprint density at radius 3 is 2.67 bits per heavy atom. The number of aryl methyl sites for hydroxylation is 2. The third kappa shape index (κ3) is 2.17. The van der Waals surface area contributed by atoms with Crippen molar-refractivity contribution in [3.05, 3.63) is 17.5 Å². The molecule has 0 saturated carbocycles. The van der Waals surface area contributed by atoms with Crippen molar-refractivity contribution >= 4 is 11.7 Å². The van der Waals surface area contributed by atoms with Crippen molar-refractivity contribution in [3.63, 3.8) is 0 Å². The van der Waals surface area contributed by atoms with Crippen LogP contribution in [0.5, 0.6) is 0 Å². The molecule has 1 aromatic heterocycles. The maximum absolute atomic E-state index is 12.1. The van der Waals surface area contributed by atoms with Crippen LogP contribution in [0, 0.1) is 18.8 Å². The largest absolute Gasteiger partial charge is 0.352 e. The maximum Gasteiger partial charge on any atom is 0.225 e. The van der Waals surface area contributed by atoms with Crippen LogP contribution < -0.4 is 5.32 Å². The first-order chi connectivity index (χ1) is 8.40. The van der Waals surface area contributed by atoms with E-state index in [9.17, 15) is 9.59 Å². The molecule has 2 unspecified atom stereocenters. The number of carbonyl (C=O) groups excluding carboxylic acids is 2. The lowest BCUT2D eigenvalue weighted by Crippen LogP contribution is -2.60. The Kier molecular flexibility index (Phi) is 3.24. The van der Waals surface area contributed by atoms with E-state index in [1.165, 1.54) is 0 Å². The minimum atomic E-state index is -0.0428. The summed E-state index contributed by atoms with van der Waals surface area (Å²) in [5.41, 5.74) is 1.44. The summed E-state index contributed by atoms with van der Waals surface area (Å²) in [5, 5.41) is 6.97. The third-order valence-corrected chi connectivity index (χ3v) is 3.59. The molecule has 2 heterocycles. The lowest BCUT2D eigenvalue weighted by molar-refractivity contribution is -0.137. The summed E-state index contributed by atoms with van der Waals surface area (Å²) in [6.45, 7) is 5.92. The van der Waals surface area contributed by atoms with Crippen LogP contribution in [0.3, 0.4) is 0 Å². The van der Waals surface area contributed by atoms with Gasteiger partial charge >= 0.3 is 0 Å². The molecule has 1 aromatic rings. The van der Waals surface area contributed by atoms with Crippen molar-refractivity contribution in [2.24, 2.45) is 18.9 Å². The highest BCUT2D eigenvalue weighted by atomic mass is 16.2. The van der Waals surface area contributed by atoms with Crippen LogP contribution in [0.1, 0.15) is 36.5 Å². The number of Topliss-reactive ketones (excluding diaryl/α,β-unsaturated/α-hetero) is 1. The van der Waals surface area contributed by atoms with Gasteiger partial charge in [0.1, 0.15) is 5.69 Å². The van der Waals surface area contributed by atoms with Gasteiger partial charge in [-0.2, -0.15) is 5.10 Å². The predicted octanol–water partition coefficient (Wildman–Crippen LogP) is 1.07. The number of hydrogen-bond acceptors (Lipinski definition) is 3. The van der Waals surface area contributed by atoms with Gasteiger partial charge in [0, 0.05) is 25.2 Å². The zero-order chi connectivity index (χ0) is 13.4. The van der Waals surface area contributed by atoms with E-state index in [0.717, 1.165) is 5.69 Å². The van der Waals surface area contributed by atoms with Crippen LogP contribution in [0.2, 0.25) is 0 Å².